The molecular formula is C15H24N2O2S. The number of carbonyl (C=O) groups excluding carboxylic acids is 2. The number of amides is 2. The highest BCUT2D eigenvalue weighted by Crippen LogP contribution is 2.38. The molecule has 2 unspecified atom stereocenters. The summed E-state index contributed by atoms with van der Waals surface area (Å²) in [6.07, 6.45) is 7.18. The van der Waals surface area contributed by atoms with Gasteiger partial charge in [0.15, 0.2) is 0 Å². The molecule has 0 bridgehead atoms. The van der Waals surface area contributed by atoms with Crippen molar-refractivity contribution >= 4 is 23.6 Å². The van der Waals surface area contributed by atoms with E-state index >= 15 is 0 Å². The Morgan fingerprint density at radius 1 is 1.25 bits per heavy atom. The second-order valence-electron chi connectivity index (χ2n) is 6.26. The summed E-state index contributed by atoms with van der Waals surface area (Å²) in [6, 6.07) is 0.274. The fourth-order valence-electron chi connectivity index (χ4n) is 4.12. The van der Waals surface area contributed by atoms with Crippen LogP contribution in [0.2, 0.25) is 0 Å². The summed E-state index contributed by atoms with van der Waals surface area (Å²) in [6.45, 7) is 2.44. The minimum Gasteiger partial charge on any atom is -0.340 e. The third-order valence-electron chi connectivity index (χ3n) is 5.02. The van der Waals surface area contributed by atoms with Crippen LogP contribution >= 0.6 is 11.8 Å². The Balaban J connectivity index is 1.81. The average molecular weight is 296 g/mol. The lowest BCUT2D eigenvalue weighted by Crippen LogP contribution is -2.67. The molecule has 3 rings (SSSR count). The Bertz CT molecular complexity index is 407. The predicted molar refractivity (Wildman–Crippen MR) is 80.6 cm³/mol. The van der Waals surface area contributed by atoms with Crippen LogP contribution in [0.15, 0.2) is 0 Å². The summed E-state index contributed by atoms with van der Waals surface area (Å²) in [4.78, 5) is 26.9. The molecule has 5 heteroatoms. The van der Waals surface area contributed by atoms with Crippen molar-refractivity contribution in [3.05, 3.63) is 0 Å². The molecule has 3 aliphatic rings. The Kier molecular flexibility index (Phi) is 3.98. The second-order valence-corrected chi connectivity index (χ2v) is 7.78. The van der Waals surface area contributed by atoms with Gasteiger partial charge >= 0.3 is 0 Å². The van der Waals surface area contributed by atoms with Crippen LogP contribution in [0.3, 0.4) is 0 Å². The first-order valence-electron chi connectivity index (χ1n) is 7.90. The molecule has 1 saturated heterocycles. The van der Waals surface area contributed by atoms with Crippen LogP contribution < -0.4 is 5.32 Å². The summed E-state index contributed by atoms with van der Waals surface area (Å²) in [5, 5.41) is 3.53. The smallest absolute Gasteiger partial charge is 0.249 e. The number of carbonyl (C=O) groups is 2. The molecule has 2 aliphatic carbocycles. The number of piperazine rings is 1. The minimum absolute atomic E-state index is 0.0404. The maximum atomic E-state index is 12.9. The summed E-state index contributed by atoms with van der Waals surface area (Å²) in [5.41, 5.74) is -0.556. The zero-order chi connectivity index (χ0) is 14.2. The topological polar surface area (TPSA) is 49.4 Å². The van der Waals surface area contributed by atoms with E-state index in [-0.39, 0.29) is 24.4 Å². The lowest BCUT2D eigenvalue weighted by molar-refractivity contribution is -0.152. The maximum absolute atomic E-state index is 12.9. The summed E-state index contributed by atoms with van der Waals surface area (Å²) < 4.78 is 0. The number of nitrogens with one attached hydrogen (secondary N) is 1. The van der Waals surface area contributed by atoms with Gasteiger partial charge in [0.1, 0.15) is 5.54 Å². The van der Waals surface area contributed by atoms with Crippen LogP contribution in [-0.2, 0) is 9.59 Å². The van der Waals surface area contributed by atoms with E-state index in [1.54, 1.807) is 0 Å². The lowest BCUT2D eigenvalue weighted by atomic mass is 9.92. The lowest BCUT2D eigenvalue weighted by Gasteiger charge is -2.43. The van der Waals surface area contributed by atoms with Crippen molar-refractivity contribution in [2.45, 2.75) is 68.7 Å². The third kappa shape index (κ3) is 2.34. The Labute approximate surface area is 125 Å². The van der Waals surface area contributed by atoms with Gasteiger partial charge in [-0.05, 0) is 31.4 Å². The van der Waals surface area contributed by atoms with Gasteiger partial charge in [0.2, 0.25) is 11.8 Å². The molecule has 2 amide bonds. The third-order valence-corrected chi connectivity index (χ3v) is 6.33. The van der Waals surface area contributed by atoms with E-state index in [1.165, 1.54) is 12.8 Å². The van der Waals surface area contributed by atoms with E-state index in [9.17, 15) is 9.59 Å². The quantitative estimate of drug-likeness (QED) is 0.866. The normalized spacial score (nSPS) is 33.0. The highest BCUT2D eigenvalue weighted by Gasteiger charge is 2.51. The van der Waals surface area contributed by atoms with E-state index in [1.807, 2.05) is 16.7 Å². The molecule has 1 N–H and O–H groups in total. The largest absolute Gasteiger partial charge is 0.340 e. The Hall–Kier alpha value is -0.710. The number of hydrogen-bond acceptors (Lipinski definition) is 3. The van der Waals surface area contributed by atoms with Gasteiger partial charge < -0.3 is 10.2 Å². The van der Waals surface area contributed by atoms with Gasteiger partial charge in [-0.3, -0.25) is 9.59 Å². The molecule has 1 aliphatic heterocycles. The fourth-order valence-corrected chi connectivity index (χ4v) is 5.38. The molecule has 20 heavy (non-hydrogen) atoms. The molecule has 3 fully saturated rings. The second kappa shape index (κ2) is 5.58. The molecule has 0 aromatic carbocycles. The zero-order valence-electron chi connectivity index (χ0n) is 12.2. The highest BCUT2D eigenvalue weighted by molar-refractivity contribution is 7.99. The molecule has 4 nitrogen and oxygen atoms in total. The van der Waals surface area contributed by atoms with Gasteiger partial charge in [0, 0.05) is 11.3 Å². The Morgan fingerprint density at radius 2 is 2.00 bits per heavy atom. The van der Waals surface area contributed by atoms with Crippen LogP contribution in [0.1, 0.15) is 51.9 Å². The SMILES string of the molecule is CCSC1CCCC1N1CC(=O)NC2(CCCC2)C1=O. The highest BCUT2D eigenvalue weighted by atomic mass is 32.2. The van der Waals surface area contributed by atoms with Crippen molar-refractivity contribution in [1.29, 1.82) is 0 Å². The Morgan fingerprint density at radius 3 is 2.70 bits per heavy atom. The molecule has 2 atom stereocenters. The first-order valence-corrected chi connectivity index (χ1v) is 8.95. The van der Waals surface area contributed by atoms with E-state index in [4.69, 9.17) is 0 Å². The molecule has 2 saturated carbocycles. The van der Waals surface area contributed by atoms with Gasteiger partial charge in [-0.15, -0.1) is 0 Å². The summed E-state index contributed by atoms with van der Waals surface area (Å²) >= 11 is 1.95. The maximum Gasteiger partial charge on any atom is 0.249 e. The first-order chi connectivity index (χ1) is 9.66. The van der Waals surface area contributed by atoms with Gasteiger partial charge in [-0.1, -0.05) is 26.2 Å². The molecular weight excluding hydrogens is 272 g/mol. The molecule has 112 valence electrons. The van der Waals surface area contributed by atoms with Crippen molar-refractivity contribution in [3.63, 3.8) is 0 Å². The predicted octanol–water partition coefficient (Wildman–Crippen LogP) is 1.93. The standard InChI is InChI=1S/C15H24N2O2S/c1-2-20-12-7-5-6-11(12)17-10-13(18)16-15(14(17)19)8-3-4-9-15/h11-12H,2-10H2,1H3,(H,16,18). The average Bonchev–Trinajstić information content (AvgIpc) is 3.05. The monoisotopic (exact) mass is 296 g/mol. The number of rotatable bonds is 3. The fraction of sp³-hybridized carbons (Fsp3) is 0.867. The van der Waals surface area contributed by atoms with E-state index in [0.717, 1.165) is 37.9 Å². The van der Waals surface area contributed by atoms with Crippen molar-refractivity contribution in [1.82, 2.24) is 10.2 Å². The van der Waals surface area contributed by atoms with Crippen LogP contribution in [-0.4, -0.2) is 45.8 Å². The molecule has 0 aromatic rings. The van der Waals surface area contributed by atoms with Crippen molar-refractivity contribution in [3.8, 4) is 0 Å². The van der Waals surface area contributed by atoms with Crippen LogP contribution in [0.25, 0.3) is 0 Å². The summed E-state index contributed by atoms with van der Waals surface area (Å²) in [5.74, 6) is 1.32. The summed E-state index contributed by atoms with van der Waals surface area (Å²) in [7, 11) is 0. The molecule has 0 aromatic heterocycles. The van der Waals surface area contributed by atoms with E-state index in [0.29, 0.717) is 5.25 Å². The van der Waals surface area contributed by atoms with Gasteiger partial charge in [0.05, 0.1) is 6.54 Å². The van der Waals surface area contributed by atoms with Crippen LogP contribution in [0.4, 0.5) is 0 Å². The van der Waals surface area contributed by atoms with Crippen molar-refractivity contribution < 1.29 is 9.59 Å². The van der Waals surface area contributed by atoms with Crippen LogP contribution in [0.5, 0.6) is 0 Å². The molecule has 1 spiro atoms. The first kappa shape index (κ1) is 14.2. The molecule has 1 heterocycles. The zero-order valence-corrected chi connectivity index (χ0v) is 13.0. The van der Waals surface area contributed by atoms with Gasteiger partial charge in [-0.2, -0.15) is 11.8 Å². The minimum atomic E-state index is -0.556. The number of thioether (sulfide) groups is 1. The van der Waals surface area contributed by atoms with Crippen molar-refractivity contribution in [2.75, 3.05) is 12.3 Å². The number of hydrogen-bond donors (Lipinski definition) is 1. The van der Waals surface area contributed by atoms with Crippen LogP contribution in [0, 0.1) is 0 Å². The molecule has 0 radical (unpaired) electrons. The van der Waals surface area contributed by atoms with E-state index < -0.39 is 5.54 Å². The van der Waals surface area contributed by atoms with Crippen molar-refractivity contribution in [2.24, 2.45) is 0 Å². The number of nitrogens with zero attached hydrogens (tertiary/aromatic N) is 1. The van der Waals surface area contributed by atoms with Gasteiger partial charge in [0.25, 0.3) is 0 Å². The van der Waals surface area contributed by atoms with Gasteiger partial charge in [-0.25, -0.2) is 0 Å². The van der Waals surface area contributed by atoms with E-state index in [2.05, 4.69) is 12.2 Å².